The van der Waals surface area contributed by atoms with E-state index in [0.717, 1.165) is 16.7 Å². The summed E-state index contributed by atoms with van der Waals surface area (Å²) in [5, 5.41) is 67.4. The second-order valence-electron chi connectivity index (χ2n) is 20.4. The lowest BCUT2D eigenvalue weighted by atomic mass is 9.72. The molecule has 2 fully saturated rings. The van der Waals surface area contributed by atoms with E-state index in [9.17, 15) is 44.7 Å². The SMILES string of the molecule is COC[C@@H]([C@H](O)[C@H](O)C(=O)N[C@H](C)C[C@H](C)c1nc(/C=C/C[C@@H]2O[C@]3(C[C@@H](O)[C@@H]2C)O[C@H]([C@H](C[C@H](O)[C@H](C)[C@H](O)[C@H](C)/C=C(C)/C(C)=C/C=C/C(C)=C\C#N)OC)[C@H](OP(=O)(O)O)C3(C)C)co1)N(C)C. The monoisotopic (exact) mass is 1020 g/mol. The second kappa shape index (κ2) is 27.2. The normalized spacial score (nSPS) is 27.8. The van der Waals surface area contributed by atoms with Crippen LogP contribution in [-0.2, 0) is 32.8 Å². The Labute approximate surface area is 420 Å². The molecule has 20 heteroatoms. The molecule has 1 spiro atoms. The first-order valence-electron chi connectivity index (χ1n) is 24.2. The highest BCUT2D eigenvalue weighted by Crippen LogP contribution is 2.59. The molecule has 71 heavy (non-hydrogen) atoms. The highest BCUT2D eigenvalue weighted by Gasteiger charge is 2.68. The molecular weight excluding hydrogens is 940 g/mol. The van der Waals surface area contributed by atoms with Gasteiger partial charge in [-0.2, -0.15) is 5.26 Å². The van der Waals surface area contributed by atoms with E-state index in [4.69, 9.17) is 33.2 Å². The number of hydrogen-bond acceptors (Lipinski definition) is 16. The van der Waals surface area contributed by atoms with Crippen molar-refractivity contribution >= 4 is 19.8 Å². The Morgan fingerprint density at radius 1 is 1.06 bits per heavy atom. The minimum Gasteiger partial charge on any atom is -0.448 e. The van der Waals surface area contributed by atoms with Gasteiger partial charge in [0.15, 0.2) is 17.8 Å². The molecule has 1 aromatic heterocycles. The van der Waals surface area contributed by atoms with Crippen LogP contribution in [0.15, 0.2) is 63.9 Å². The summed E-state index contributed by atoms with van der Waals surface area (Å²) >= 11 is 0. The van der Waals surface area contributed by atoms with Crippen molar-refractivity contribution in [2.45, 2.75) is 174 Å². The fraction of sp³-hybridized carbons (Fsp3) is 0.706. The first kappa shape index (κ1) is 61.9. The summed E-state index contributed by atoms with van der Waals surface area (Å²) < 4.78 is 48.3. The van der Waals surface area contributed by atoms with Gasteiger partial charge < -0.3 is 68.9 Å². The third-order valence-corrected chi connectivity index (χ3v) is 14.7. The van der Waals surface area contributed by atoms with Gasteiger partial charge in [0.1, 0.15) is 30.3 Å². The van der Waals surface area contributed by atoms with E-state index >= 15 is 0 Å². The van der Waals surface area contributed by atoms with Crippen molar-refractivity contribution in [3.8, 4) is 6.07 Å². The molecule has 0 unspecified atom stereocenters. The number of ether oxygens (including phenoxy) is 4. The zero-order valence-corrected chi connectivity index (χ0v) is 44.9. The number of aliphatic hydroxyl groups is 5. The molecule has 0 aliphatic carbocycles. The number of hydrogen-bond donors (Lipinski definition) is 8. The van der Waals surface area contributed by atoms with Crippen LogP contribution in [0.25, 0.3) is 6.08 Å². The van der Waals surface area contributed by atoms with Gasteiger partial charge in [0, 0.05) is 68.3 Å². The molecular formula is C51H83N4O15P. The van der Waals surface area contributed by atoms with Crippen molar-refractivity contribution in [2.75, 3.05) is 34.9 Å². The number of nitriles is 1. The molecule has 0 aromatic carbocycles. The van der Waals surface area contributed by atoms with Gasteiger partial charge in [-0.3, -0.25) is 9.32 Å². The van der Waals surface area contributed by atoms with Crippen molar-refractivity contribution in [3.63, 3.8) is 0 Å². The van der Waals surface area contributed by atoms with E-state index in [1.165, 1.54) is 26.6 Å². The number of aliphatic hydroxyl groups excluding tert-OH is 5. The van der Waals surface area contributed by atoms with Crippen LogP contribution in [0.1, 0.15) is 112 Å². The Hall–Kier alpha value is -3.42. The Bertz CT molecular complexity index is 2110. The Kier molecular flexibility index (Phi) is 23.7. The maximum Gasteiger partial charge on any atom is 0.469 e. The standard InChI is InChI=1S/C51H83N4O15P/c1-29(21-22-52)17-15-18-30(2)31(3)23-32(4)43(58)36(8)39(56)25-42(66-14)46-47(70-71(62,63)64)50(9,10)51(69-46)26-40(57)35(7)41(68-51)20-16-19-37-27-67-49(54-37)33(5)24-34(6)53-48(61)45(60)44(59)38(28-65-13)55(11)12/h15-19,21,23,27,32-36,38-47,56-60H,20,24-26,28H2,1-14H3,(H,53,61)(H2,62,63,64)/b17-15+,19-16+,29-21-,30-18+,31-23+/t32-,33+,34-,35+,36+,38+,39+,40-,41+,42+,43-,44+,45+,46-,47+,51-/m1/s1. The number of oxazole rings is 1. The number of methoxy groups -OCH3 is 2. The van der Waals surface area contributed by atoms with E-state index in [1.54, 1.807) is 52.8 Å². The molecule has 0 saturated carbocycles. The van der Waals surface area contributed by atoms with Gasteiger partial charge in [0.2, 0.25) is 0 Å². The fourth-order valence-corrected chi connectivity index (χ4v) is 10.0. The van der Waals surface area contributed by atoms with Gasteiger partial charge in [-0.25, -0.2) is 9.55 Å². The lowest BCUT2D eigenvalue weighted by molar-refractivity contribution is -0.334. The fourth-order valence-electron chi connectivity index (χ4n) is 9.34. The van der Waals surface area contributed by atoms with Gasteiger partial charge in [0.25, 0.3) is 5.91 Å². The van der Waals surface area contributed by atoms with E-state index < -0.39 is 104 Å². The quantitative estimate of drug-likeness (QED) is 0.0341. The third kappa shape index (κ3) is 16.8. The molecule has 2 saturated heterocycles. The molecule has 2 aliphatic rings. The number of carbonyl (C=O) groups excluding carboxylic acids is 1. The summed E-state index contributed by atoms with van der Waals surface area (Å²) in [7, 11) is 1.13. The lowest BCUT2D eigenvalue weighted by Crippen LogP contribution is -2.58. The number of phosphoric ester groups is 1. The van der Waals surface area contributed by atoms with Crippen LogP contribution in [-0.4, -0.2) is 159 Å². The van der Waals surface area contributed by atoms with Crippen LogP contribution >= 0.6 is 7.82 Å². The highest BCUT2D eigenvalue weighted by molar-refractivity contribution is 7.46. The molecule has 0 bridgehead atoms. The highest BCUT2D eigenvalue weighted by atomic mass is 31.2. The lowest BCUT2D eigenvalue weighted by Gasteiger charge is -2.50. The van der Waals surface area contributed by atoms with Crippen LogP contribution in [0.4, 0.5) is 0 Å². The molecule has 1 amide bonds. The summed E-state index contributed by atoms with van der Waals surface area (Å²) in [6, 6.07) is 0.980. The predicted molar refractivity (Wildman–Crippen MR) is 267 cm³/mol. The van der Waals surface area contributed by atoms with Crippen molar-refractivity contribution in [1.29, 1.82) is 5.26 Å². The summed E-state index contributed by atoms with van der Waals surface area (Å²) in [6.07, 6.45) is 4.05. The van der Waals surface area contributed by atoms with Gasteiger partial charge in [-0.05, 0) is 71.9 Å². The van der Waals surface area contributed by atoms with Crippen LogP contribution in [0.3, 0.4) is 0 Å². The van der Waals surface area contributed by atoms with Gasteiger partial charge in [-0.15, -0.1) is 0 Å². The second-order valence-corrected chi connectivity index (χ2v) is 21.6. The minimum atomic E-state index is -5.16. The minimum absolute atomic E-state index is 0.0661. The molecule has 402 valence electrons. The van der Waals surface area contributed by atoms with E-state index in [2.05, 4.69) is 10.3 Å². The van der Waals surface area contributed by atoms with Gasteiger partial charge in [0.05, 0.1) is 49.2 Å². The first-order chi connectivity index (χ1) is 33.0. The number of amides is 1. The van der Waals surface area contributed by atoms with Crippen molar-refractivity contribution in [2.24, 2.45) is 23.2 Å². The number of carbonyl (C=O) groups is 1. The summed E-state index contributed by atoms with van der Waals surface area (Å²) in [5.41, 5.74) is 1.87. The van der Waals surface area contributed by atoms with E-state index in [-0.39, 0.29) is 37.7 Å². The van der Waals surface area contributed by atoms with Crippen LogP contribution in [0.2, 0.25) is 0 Å². The zero-order valence-electron chi connectivity index (χ0n) is 44.0. The predicted octanol–water partition coefficient (Wildman–Crippen LogP) is 5.08. The molecule has 3 rings (SSSR count). The van der Waals surface area contributed by atoms with E-state index in [1.807, 2.05) is 78.0 Å². The third-order valence-electron chi connectivity index (χ3n) is 14.2. The van der Waals surface area contributed by atoms with Crippen LogP contribution in [0, 0.1) is 34.5 Å². The number of aromatic nitrogens is 1. The maximum atomic E-state index is 12.8. The number of rotatable bonds is 26. The smallest absolute Gasteiger partial charge is 0.448 e. The van der Waals surface area contributed by atoms with Gasteiger partial charge in [-0.1, -0.05) is 77.5 Å². The first-order valence-corrected chi connectivity index (χ1v) is 25.8. The average molecular weight is 1020 g/mol. The molecule has 19 nitrogen and oxygen atoms in total. The number of likely N-dealkylation sites (N-methyl/N-ethyl adjacent to an activating group) is 1. The molecule has 3 heterocycles. The van der Waals surface area contributed by atoms with Gasteiger partial charge >= 0.3 is 7.82 Å². The average Bonchev–Trinajstić information content (AvgIpc) is 3.84. The Morgan fingerprint density at radius 2 is 1.72 bits per heavy atom. The molecule has 2 aliphatic heterocycles. The molecule has 1 aromatic rings. The topological polar surface area (TPSA) is 287 Å². The summed E-state index contributed by atoms with van der Waals surface area (Å²) in [6.45, 7) is 18.2. The number of nitrogens with one attached hydrogen (secondary N) is 1. The maximum absolute atomic E-state index is 12.8. The number of allylic oxidation sites excluding steroid dienone is 7. The largest absolute Gasteiger partial charge is 0.469 e. The van der Waals surface area contributed by atoms with Crippen LogP contribution in [0.5, 0.6) is 0 Å². The number of phosphoric acid groups is 1. The zero-order chi connectivity index (χ0) is 53.8. The van der Waals surface area contributed by atoms with Crippen molar-refractivity contribution < 1.29 is 72.6 Å². The summed E-state index contributed by atoms with van der Waals surface area (Å²) in [5.74, 6) is -3.67. The molecule has 0 radical (unpaired) electrons. The van der Waals surface area contributed by atoms with Crippen molar-refractivity contribution in [3.05, 3.63) is 71.0 Å². The van der Waals surface area contributed by atoms with Crippen LogP contribution < -0.4 is 5.32 Å². The van der Waals surface area contributed by atoms with Crippen molar-refractivity contribution in [1.82, 2.24) is 15.2 Å². The molecule has 8 N–H and O–H groups in total. The summed E-state index contributed by atoms with van der Waals surface area (Å²) in [4.78, 5) is 39.5. The number of nitrogens with zero attached hydrogens (tertiary/aromatic N) is 3. The Morgan fingerprint density at radius 3 is 2.31 bits per heavy atom. The Balaban J connectivity index is 1.76. The molecule has 16 atom stereocenters. The van der Waals surface area contributed by atoms with E-state index in [0.29, 0.717) is 18.0 Å².